The van der Waals surface area contributed by atoms with E-state index in [4.69, 9.17) is 11.6 Å². The van der Waals surface area contributed by atoms with Crippen molar-refractivity contribution in [3.63, 3.8) is 0 Å². The lowest BCUT2D eigenvalue weighted by Crippen LogP contribution is -1.95. The third kappa shape index (κ3) is 3.16. The van der Waals surface area contributed by atoms with Gasteiger partial charge in [0.1, 0.15) is 5.15 Å². The van der Waals surface area contributed by atoms with Crippen LogP contribution >= 0.6 is 11.6 Å². The fourth-order valence-corrected chi connectivity index (χ4v) is 3.27. The predicted molar refractivity (Wildman–Crippen MR) is 96.2 cm³/mol. The van der Waals surface area contributed by atoms with Gasteiger partial charge in [0.2, 0.25) is 0 Å². The molecular weight excluding hydrogens is 320 g/mol. The molecule has 123 valence electrons. The quantitative estimate of drug-likeness (QED) is 0.666. The van der Waals surface area contributed by atoms with E-state index in [1.165, 1.54) is 35.0 Å². The van der Waals surface area contributed by atoms with Crippen LogP contribution in [0.5, 0.6) is 0 Å². The molecule has 4 rings (SSSR count). The van der Waals surface area contributed by atoms with Gasteiger partial charge in [0.15, 0.2) is 5.65 Å². The lowest BCUT2D eigenvalue weighted by Gasteiger charge is -2.05. The summed E-state index contributed by atoms with van der Waals surface area (Å²) >= 11 is 5.91. The molecule has 0 unspecified atom stereocenters. The van der Waals surface area contributed by atoms with Gasteiger partial charge < -0.3 is 4.98 Å². The molecule has 0 spiro atoms. The van der Waals surface area contributed by atoms with Crippen LogP contribution in [0.2, 0.25) is 5.15 Å². The van der Waals surface area contributed by atoms with Crippen molar-refractivity contribution >= 4 is 22.6 Å². The third-order valence-electron chi connectivity index (χ3n) is 4.59. The molecule has 1 N–H and O–H groups in total. The van der Waals surface area contributed by atoms with Crippen molar-refractivity contribution in [2.75, 3.05) is 0 Å². The van der Waals surface area contributed by atoms with Crippen LogP contribution in [0.4, 0.5) is 0 Å². The van der Waals surface area contributed by atoms with E-state index in [0.717, 1.165) is 37.0 Å². The first-order valence-corrected chi connectivity index (χ1v) is 8.89. The highest BCUT2D eigenvalue weighted by Crippen LogP contribution is 2.43. The molecule has 4 nitrogen and oxygen atoms in total. The Bertz CT molecular complexity index is 850. The molecule has 0 bridgehead atoms. The zero-order valence-electron chi connectivity index (χ0n) is 13.6. The van der Waals surface area contributed by atoms with Gasteiger partial charge in [0, 0.05) is 23.7 Å². The monoisotopic (exact) mass is 339 g/mol. The highest BCUT2D eigenvalue weighted by Gasteiger charge is 2.29. The molecule has 0 amide bonds. The minimum Gasteiger partial charge on any atom is -0.341 e. The van der Waals surface area contributed by atoms with Crippen LogP contribution in [-0.2, 0) is 12.8 Å². The molecule has 1 saturated carbocycles. The number of nitrogens with zero attached hydrogens (tertiary/aromatic N) is 3. The number of hydrogen-bond donors (Lipinski definition) is 1. The fourth-order valence-electron chi connectivity index (χ4n) is 3.16. The summed E-state index contributed by atoms with van der Waals surface area (Å²) in [5.41, 5.74) is 5.76. The number of H-pyrrole nitrogens is 1. The molecule has 1 aliphatic carbocycles. The van der Waals surface area contributed by atoms with Crippen molar-refractivity contribution in [2.45, 2.75) is 44.4 Å². The van der Waals surface area contributed by atoms with Crippen molar-refractivity contribution in [3.8, 4) is 0 Å². The van der Waals surface area contributed by atoms with Crippen molar-refractivity contribution in [1.82, 2.24) is 20.2 Å². The fraction of sp³-hybridized carbons (Fsp3) is 0.368. The summed E-state index contributed by atoms with van der Waals surface area (Å²) in [6, 6.07) is 6.09. The SMILES string of the molecule is [CH2]CCCc1cc2c(Cc3ccc(Cl)nc3)c(C3CC3)[nH]c2nn1. The van der Waals surface area contributed by atoms with Gasteiger partial charge in [-0.05, 0) is 54.9 Å². The van der Waals surface area contributed by atoms with Crippen LogP contribution in [-0.4, -0.2) is 20.2 Å². The van der Waals surface area contributed by atoms with Crippen molar-refractivity contribution in [3.05, 3.63) is 59.0 Å². The standard InChI is InChI=1S/C19H20ClN4/c1-2-3-4-14-10-16-15(9-12-5-8-17(20)21-11-12)18(13-6-7-13)22-19(16)24-23-14/h5,8,10-11,13H,1-4,6-7,9H2,(H,22,24). The van der Waals surface area contributed by atoms with Crippen LogP contribution in [0.3, 0.4) is 0 Å². The van der Waals surface area contributed by atoms with E-state index in [1.54, 1.807) is 0 Å². The van der Waals surface area contributed by atoms with Crippen molar-refractivity contribution < 1.29 is 0 Å². The number of hydrogen-bond acceptors (Lipinski definition) is 3. The number of unbranched alkanes of at least 4 members (excludes halogenated alkanes) is 1. The van der Waals surface area contributed by atoms with Gasteiger partial charge in [0.05, 0.1) is 5.69 Å². The molecule has 1 fully saturated rings. The second-order valence-electron chi connectivity index (χ2n) is 6.51. The van der Waals surface area contributed by atoms with Crippen molar-refractivity contribution in [2.24, 2.45) is 0 Å². The summed E-state index contributed by atoms with van der Waals surface area (Å²) in [5.74, 6) is 0.637. The number of aromatic amines is 1. The predicted octanol–water partition coefficient (Wildman–Crippen LogP) is 4.63. The minimum absolute atomic E-state index is 0.529. The lowest BCUT2D eigenvalue weighted by molar-refractivity contribution is 0.797. The highest BCUT2D eigenvalue weighted by molar-refractivity contribution is 6.29. The van der Waals surface area contributed by atoms with Crippen molar-refractivity contribution in [1.29, 1.82) is 0 Å². The number of halogens is 1. The average molecular weight is 340 g/mol. The van der Waals surface area contributed by atoms with Gasteiger partial charge >= 0.3 is 0 Å². The Morgan fingerprint density at radius 1 is 1.25 bits per heavy atom. The first-order chi connectivity index (χ1) is 11.7. The van der Waals surface area contributed by atoms with Crippen LogP contribution < -0.4 is 0 Å². The molecule has 3 heterocycles. The van der Waals surface area contributed by atoms with Gasteiger partial charge in [-0.15, -0.1) is 5.10 Å². The largest absolute Gasteiger partial charge is 0.341 e. The third-order valence-corrected chi connectivity index (χ3v) is 4.81. The Morgan fingerprint density at radius 3 is 2.83 bits per heavy atom. The molecule has 1 radical (unpaired) electrons. The Kier molecular flexibility index (Phi) is 4.23. The number of aryl methyl sites for hydroxylation is 1. The molecule has 24 heavy (non-hydrogen) atoms. The zero-order valence-corrected chi connectivity index (χ0v) is 14.3. The molecule has 0 saturated heterocycles. The number of rotatable bonds is 6. The first kappa shape index (κ1) is 15.6. The van der Waals surface area contributed by atoms with Gasteiger partial charge in [0.25, 0.3) is 0 Å². The highest BCUT2D eigenvalue weighted by atomic mass is 35.5. The summed E-state index contributed by atoms with van der Waals surface area (Å²) in [6.07, 6.45) is 8.09. The average Bonchev–Trinajstić information content (AvgIpc) is 3.38. The molecule has 0 atom stereocenters. The molecule has 3 aromatic heterocycles. The van der Waals surface area contributed by atoms with Crippen LogP contribution in [0, 0.1) is 6.92 Å². The Hall–Kier alpha value is -1.94. The normalized spacial score (nSPS) is 14.4. The topological polar surface area (TPSA) is 54.5 Å². The van der Waals surface area contributed by atoms with Gasteiger partial charge in [-0.1, -0.05) is 31.0 Å². The van der Waals surface area contributed by atoms with Crippen LogP contribution in [0.15, 0.2) is 24.4 Å². The van der Waals surface area contributed by atoms with E-state index < -0.39 is 0 Å². The minimum atomic E-state index is 0.529. The van der Waals surface area contributed by atoms with E-state index in [2.05, 4.69) is 33.2 Å². The molecule has 3 aromatic rings. The van der Waals surface area contributed by atoms with E-state index in [9.17, 15) is 0 Å². The van der Waals surface area contributed by atoms with E-state index in [1.807, 2.05) is 18.3 Å². The van der Waals surface area contributed by atoms with Gasteiger partial charge in [-0.2, -0.15) is 5.10 Å². The van der Waals surface area contributed by atoms with E-state index in [0.29, 0.717) is 11.1 Å². The Morgan fingerprint density at radius 2 is 2.12 bits per heavy atom. The molecular formula is C19H20ClN4. The van der Waals surface area contributed by atoms with E-state index >= 15 is 0 Å². The summed E-state index contributed by atoms with van der Waals surface area (Å²) in [7, 11) is 0. The molecule has 1 aliphatic rings. The molecule has 0 aliphatic heterocycles. The van der Waals surface area contributed by atoms with Crippen LogP contribution in [0.1, 0.15) is 54.1 Å². The first-order valence-electron chi connectivity index (χ1n) is 8.51. The summed E-state index contributed by atoms with van der Waals surface area (Å²) in [4.78, 5) is 7.72. The maximum Gasteiger partial charge on any atom is 0.160 e. The van der Waals surface area contributed by atoms with E-state index in [-0.39, 0.29) is 0 Å². The second-order valence-corrected chi connectivity index (χ2v) is 6.90. The molecule has 0 aromatic carbocycles. The smallest absolute Gasteiger partial charge is 0.160 e. The number of fused-ring (bicyclic) bond motifs is 1. The number of aromatic nitrogens is 4. The summed E-state index contributed by atoms with van der Waals surface area (Å²) in [5, 5.41) is 10.5. The summed E-state index contributed by atoms with van der Waals surface area (Å²) < 4.78 is 0. The maximum absolute atomic E-state index is 5.91. The summed E-state index contributed by atoms with van der Waals surface area (Å²) in [6.45, 7) is 3.91. The Labute approximate surface area is 146 Å². The Balaban J connectivity index is 1.74. The zero-order chi connectivity index (χ0) is 16.5. The van der Waals surface area contributed by atoms with Gasteiger partial charge in [-0.25, -0.2) is 4.98 Å². The van der Waals surface area contributed by atoms with Gasteiger partial charge in [-0.3, -0.25) is 0 Å². The number of pyridine rings is 1. The maximum atomic E-state index is 5.91. The molecule has 5 heteroatoms. The second kappa shape index (κ2) is 6.52. The lowest BCUT2D eigenvalue weighted by atomic mass is 10.0. The number of nitrogens with one attached hydrogen (secondary N) is 1. The van der Waals surface area contributed by atoms with Crippen LogP contribution in [0.25, 0.3) is 11.0 Å².